The maximum atomic E-state index is 12.5. The molecule has 1 aliphatic heterocycles. The SMILES string of the molecule is COc1ccc(N(CC2=NS(=O)(=O)c3ccccc3N2)[C@@H](C)C2CC2)cc1. The molecule has 0 radical (unpaired) electrons. The molecule has 27 heavy (non-hydrogen) atoms. The van der Waals surface area contributed by atoms with Crippen molar-refractivity contribution in [3.05, 3.63) is 48.5 Å². The molecule has 142 valence electrons. The van der Waals surface area contributed by atoms with E-state index in [-0.39, 0.29) is 4.90 Å². The predicted molar refractivity (Wildman–Crippen MR) is 107 cm³/mol. The quantitative estimate of drug-likeness (QED) is 0.824. The van der Waals surface area contributed by atoms with Crippen molar-refractivity contribution in [1.29, 1.82) is 0 Å². The number of hydrogen-bond donors (Lipinski definition) is 1. The summed E-state index contributed by atoms with van der Waals surface area (Å²) in [5.74, 6) is 1.86. The third-order valence-corrected chi connectivity index (χ3v) is 6.57. The molecule has 0 bridgehead atoms. The lowest BCUT2D eigenvalue weighted by Gasteiger charge is -2.33. The van der Waals surface area contributed by atoms with Gasteiger partial charge in [0, 0.05) is 11.7 Å². The number of nitrogens with zero attached hydrogens (tertiary/aromatic N) is 2. The van der Waals surface area contributed by atoms with Gasteiger partial charge in [-0.15, -0.1) is 4.40 Å². The Morgan fingerprint density at radius 1 is 1.19 bits per heavy atom. The number of anilines is 2. The fourth-order valence-corrected chi connectivity index (χ4v) is 4.61. The standard InChI is InChI=1S/C20H23N3O3S/c1-14(15-7-8-15)23(16-9-11-17(26-2)12-10-16)13-20-21-18-5-3-4-6-19(18)27(24,25)22-20/h3-6,9-12,14-15H,7-8,13H2,1-2H3,(H,21,22)/t14-/m0/s1. The van der Waals surface area contributed by atoms with Crippen LogP contribution in [0.4, 0.5) is 11.4 Å². The number of amidine groups is 1. The first kappa shape index (κ1) is 17.9. The van der Waals surface area contributed by atoms with Gasteiger partial charge in [0.15, 0.2) is 0 Å². The Balaban J connectivity index is 1.65. The van der Waals surface area contributed by atoms with Crippen LogP contribution >= 0.6 is 0 Å². The molecule has 1 N–H and O–H groups in total. The molecule has 2 aromatic carbocycles. The highest BCUT2D eigenvalue weighted by Crippen LogP contribution is 2.37. The molecule has 7 heteroatoms. The van der Waals surface area contributed by atoms with Gasteiger partial charge < -0.3 is 15.0 Å². The largest absolute Gasteiger partial charge is 0.497 e. The molecule has 0 aromatic heterocycles. The minimum atomic E-state index is -3.68. The number of rotatable bonds is 6. The molecule has 1 aliphatic carbocycles. The van der Waals surface area contributed by atoms with Crippen LogP contribution in [0.3, 0.4) is 0 Å². The molecule has 2 aliphatic rings. The minimum absolute atomic E-state index is 0.222. The van der Waals surface area contributed by atoms with Crippen LogP contribution in [0.25, 0.3) is 0 Å². The number of para-hydroxylation sites is 1. The third-order valence-electron chi connectivity index (χ3n) is 5.19. The van der Waals surface area contributed by atoms with Gasteiger partial charge in [-0.3, -0.25) is 0 Å². The van der Waals surface area contributed by atoms with Crippen LogP contribution in [0.15, 0.2) is 57.8 Å². The first-order valence-electron chi connectivity index (χ1n) is 9.08. The molecule has 4 rings (SSSR count). The second-order valence-corrected chi connectivity index (χ2v) is 8.61. The molecule has 0 saturated heterocycles. The van der Waals surface area contributed by atoms with Crippen molar-refractivity contribution >= 4 is 27.2 Å². The number of sulfonamides is 1. The molecular weight excluding hydrogens is 362 g/mol. The molecule has 1 heterocycles. The lowest BCUT2D eigenvalue weighted by molar-refractivity contribution is 0.414. The Morgan fingerprint density at radius 2 is 1.89 bits per heavy atom. The van der Waals surface area contributed by atoms with Crippen LogP contribution in [0.1, 0.15) is 19.8 Å². The van der Waals surface area contributed by atoms with Gasteiger partial charge in [0.25, 0.3) is 10.0 Å². The van der Waals surface area contributed by atoms with Crippen molar-refractivity contribution in [2.45, 2.75) is 30.7 Å². The van der Waals surface area contributed by atoms with Crippen molar-refractivity contribution in [2.75, 3.05) is 23.9 Å². The smallest absolute Gasteiger partial charge is 0.286 e. The van der Waals surface area contributed by atoms with E-state index in [9.17, 15) is 8.42 Å². The average Bonchev–Trinajstić information content (AvgIpc) is 3.50. The summed E-state index contributed by atoms with van der Waals surface area (Å²) in [4.78, 5) is 2.44. The summed E-state index contributed by atoms with van der Waals surface area (Å²) >= 11 is 0. The van der Waals surface area contributed by atoms with Crippen LogP contribution in [-0.4, -0.2) is 33.9 Å². The topological polar surface area (TPSA) is 71.0 Å². The van der Waals surface area contributed by atoms with Crippen molar-refractivity contribution in [3.63, 3.8) is 0 Å². The number of ether oxygens (including phenoxy) is 1. The van der Waals surface area contributed by atoms with Crippen molar-refractivity contribution in [3.8, 4) is 5.75 Å². The highest BCUT2D eigenvalue weighted by Gasteiger charge is 2.34. The molecule has 0 unspecified atom stereocenters. The van der Waals surface area contributed by atoms with E-state index in [1.54, 1.807) is 25.3 Å². The summed E-state index contributed by atoms with van der Waals surface area (Å²) in [6.07, 6.45) is 2.41. The van der Waals surface area contributed by atoms with Crippen molar-refractivity contribution < 1.29 is 13.2 Å². The van der Waals surface area contributed by atoms with Gasteiger partial charge in [0.1, 0.15) is 16.5 Å². The summed E-state index contributed by atoms with van der Waals surface area (Å²) in [6.45, 7) is 2.59. The lowest BCUT2D eigenvalue weighted by atomic mass is 10.1. The van der Waals surface area contributed by atoms with E-state index in [0.29, 0.717) is 30.0 Å². The normalized spacial score (nSPS) is 18.7. The zero-order valence-corrected chi connectivity index (χ0v) is 16.2. The summed E-state index contributed by atoms with van der Waals surface area (Å²) in [5, 5.41) is 3.19. The fraction of sp³-hybridized carbons (Fsp3) is 0.350. The number of methoxy groups -OCH3 is 1. The number of benzene rings is 2. The Hall–Kier alpha value is -2.54. The molecule has 2 aromatic rings. The highest BCUT2D eigenvalue weighted by molar-refractivity contribution is 7.90. The molecule has 1 saturated carbocycles. The number of fused-ring (bicyclic) bond motifs is 1. The molecule has 6 nitrogen and oxygen atoms in total. The first-order valence-corrected chi connectivity index (χ1v) is 10.5. The summed E-state index contributed by atoms with van der Waals surface area (Å²) in [6, 6.07) is 15.0. The van der Waals surface area contributed by atoms with Gasteiger partial charge in [0.2, 0.25) is 0 Å². The monoisotopic (exact) mass is 385 g/mol. The average molecular weight is 385 g/mol. The van der Waals surface area contributed by atoms with Crippen molar-refractivity contribution in [2.24, 2.45) is 10.3 Å². The number of nitrogens with one attached hydrogen (secondary N) is 1. The highest BCUT2D eigenvalue weighted by atomic mass is 32.2. The molecular formula is C20H23N3O3S. The maximum absolute atomic E-state index is 12.5. The van der Waals surface area contributed by atoms with E-state index in [1.165, 1.54) is 12.8 Å². The molecule has 0 amide bonds. The van der Waals surface area contributed by atoms with Gasteiger partial charge in [-0.25, -0.2) is 0 Å². The van der Waals surface area contributed by atoms with Gasteiger partial charge in [-0.2, -0.15) is 8.42 Å². The maximum Gasteiger partial charge on any atom is 0.286 e. The van der Waals surface area contributed by atoms with Gasteiger partial charge in [0.05, 0.1) is 19.3 Å². The first-order chi connectivity index (χ1) is 13.0. The Morgan fingerprint density at radius 3 is 2.56 bits per heavy atom. The second-order valence-electron chi connectivity index (χ2n) is 7.04. The summed E-state index contributed by atoms with van der Waals surface area (Å²) in [7, 11) is -2.04. The molecule has 1 atom stereocenters. The minimum Gasteiger partial charge on any atom is -0.497 e. The van der Waals surface area contributed by atoms with Gasteiger partial charge in [-0.05, 0) is 62.1 Å². The van der Waals surface area contributed by atoms with E-state index in [1.807, 2.05) is 30.3 Å². The van der Waals surface area contributed by atoms with Crippen molar-refractivity contribution in [1.82, 2.24) is 0 Å². The zero-order valence-electron chi connectivity index (χ0n) is 15.4. The third kappa shape index (κ3) is 3.64. The Kier molecular flexibility index (Phi) is 4.55. The number of hydrogen-bond acceptors (Lipinski definition) is 5. The Bertz CT molecular complexity index is 966. The summed E-state index contributed by atoms with van der Waals surface area (Å²) < 4.78 is 34.4. The van der Waals surface area contributed by atoms with Gasteiger partial charge in [-0.1, -0.05) is 12.1 Å². The molecule has 0 spiro atoms. The van der Waals surface area contributed by atoms with Crippen LogP contribution in [-0.2, 0) is 10.0 Å². The molecule has 1 fully saturated rings. The summed E-state index contributed by atoms with van der Waals surface area (Å²) in [5.41, 5.74) is 1.60. The van der Waals surface area contributed by atoms with Crippen LogP contribution in [0, 0.1) is 5.92 Å². The zero-order chi connectivity index (χ0) is 19.0. The van der Waals surface area contributed by atoms with Gasteiger partial charge >= 0.3 is 0 Å². The van der Waals surface area contributed by atoms with Crippen LogP contribution < -0.4 is 15.0 Å². The van der Waals surface area contributed by atoms with E-state index < -0.39 is 10.0 Å². The second kappa shape index (κ2) is 6.88. The fourth-order valence-electron chi connectivity index (χ4n) is 3.47. The van der Waals surface area contributed by atoms with E-state index in [2.05, 4.69) is 21.5 Å². The Labute approximate surface area is 159 Å². The van der Waals surface area contributed by atoms with E-state index in [4.69, 9.17) is 4.74 Å². The predicted octanol–water partition coefficient (Wildman–Crippen LogP) is 3.51. The van der Waals surface area contributed by atoms with Crippen LogP contribution in [0.5, 0.6) is 5.75 Å². The van der Waals surface area contributed by atoms with Crippen LogP contribution in [0.2, 0.25) is 0 Å². The van der Waals surface area contributed by atoms with E-state index >= 15 is 0 Å². The lowest BCUT2D eigenvalue weighted by Crippen LogP contribution is -2.42. The van der Waals surface area contributed by atoms with E-state index in [0.717, 1.165) is 11.4 Å².